The molecule has 0 radical (unpaired) electrons. The van der Waals surface area contributed by atoms with Crippen LogP contribution in [0.15, 0.2) is 52.0 Å². The zero-order valence-corrected chi connectivity index (χ0v) is 13.5. The number of nitro benzene ring substituents is 2. The molecule has 0 aliphatic heterocycles. The topological polar surface area (TPSA) is 128 Å². The molecule has 2 aromatic rings. The number of halogens is 1. The molecule has 122 valence electrons. The number of hydrogen-bond acceptors (Lipinski definition) is 6. The van der Waals surface area contributed by atoms with Gasteiger partial charge in [0.25, 0.3) is 17.3 Å². The van der Waals surface area contributed by atoms with Crippen molar-refractivity contribution in [3.8, 4) is 0 Å². The quantitative estimate of drug-likeness (QED) is 0.474. The third kappa shape index (κ3) is 3.98. The molecular formula is C14H9BrN4O5. The molecule has 0 spiro atoms. The number of carbonyl (C=O) groups excluding carboxylic acids is 1. The summed E-state index contributed by atoms with van der Waals surface area (Å²) >= 11 is 3.16. The second kappa shape index (κ2) is 7.42. The number of non-ortho nitro benzene ring substituents is 1. The summed E-state index contributed by atoms with van der Waals surface area (Å²) in [6.07, 6.45) is 1.26. The van der Waals surface area contributed by atoms with E-state index in [4.69, 9.17) is 0 Å². The van der Waals surface area contributed by atoms with Crippen molar-refractivity contribution in [2.45, 2.75) is 0 Å². The molecule has 9 nitrogen and oxygen atoms in total. The molecule has 0 saturated carbocycles. The van der Waals surface area contributed by atoms with Crippen LogP contribution < -0.4 is 5.43 Å². The number of hydrogen-bond donors (Lipinski definition) is 1. The Hall–Kier alpha value is -3.14. The fourth-order valence-corrected chi connectivity index (χ4v) is 2.25. The van der Waals surface area contributed by atoms with E-state index in [2.05, 4.69) is 26.5 Å². The molecule has 0 aromatic heterocycles. The highest BCUT2D eigenvalue weighted by Crippen LogP contribution is 2.21. The van der Waals surface area contributed by atoms with Crippen molar-refractivity contribution in [2.24, 2.45) is 5.10 Å². The monoisotopic (exact) mass is 392 g/mol. The molecule has 0 saturated heterocycles. The zero-order chi connectivity index (χ0) is 17.7. The largest absolute Gasteiger partial charge is 0.282 e. The van der Waals surface area contributed by atoms with E-state index in [1.165, 1.54) is 48.7 Å². The van der Waals surface area contributed by atoms with Gasteiger partial charge in [0, 0.05) is 28.2 Å². The Kier molecular flexibility index (Phi) is 5.32. The van der Waals surface area contributed by atoms with Crippen molar-refractivity contribution in [3.05, 3.63) is 78.3 Å². The highest BCUT2D eigenvalue weighted by Gasteiger charge is 2.18. The molecule has 10 heteroatoms. The van der Waals surface area contributed by atoms with Gasteiger partial charge in [-0.2, -0.15) is 5.10 Å². The van der Waals surface area contributed by atoms with Crippen molar-refractivity contribution >= 4 is 39.4 Å². The predicted octanol–water partition coefficient (Wildman–Crippen LogP) is 3.03. The molecule has 1 N–H and O–H groups in total. The number of rotatable bonds is 5. The third-order valence-electron chi connectivity index (χ3n) is 2.91. The summed E-state index contributed by atoms with van der Waals surface area (Å²) in [5, 5.41) is 25.2. The second-order valence-corrected chi connectivity index (χ2v) is 5.29. The van der Waals surface area contributed by atoms with Gasteiger partial charge in [0.1, 0.15) is 5.56 Å². The SMILES string of the molecule is O=C(N/N=C\c1ccc([N+](=O)[O-])cc1Br)c1ccccc1[N+](=O)[O-]. The highest BCUT2D eigenvalue weighted by atomic mass is 79.9. The smallest absolute Gasteiger partial charge is 0.267 e. The van der Waals surface area contributed by atoms with Crippen LogP contribution in [0.3, 0.4) is 0 Å². The fourth-order valence-electron chi connectivity index (χ4n) is 1.78. The van der Waals surface area contributed by atoms with Gasteiger partial charge in [-0.1, -0.05) is 12.1 Å². The summed E-state index contributed by atoms with van der Waals surface area (Å²) in [6.45, 7) is 0. The molecule has 1 amide bonds. The average Bonchev–Trinajstić information content (AvgIpc) is 2.55. The Morgan fingerprint density at radius 3 is 2.46 bits per heavy atom. The van der Waals surface area contributed by atoms with Gasteiger partial charge in [0.05, 0.1) is 16.1 Å². The number of para-hydroxylation sites is 1. The Morgan fingerprint density at radius 1 is 1.12 bits per heavy atom. The maximum atomic E-state index is 12.0. The van der Waals surface area contributed by atoms with Crippen LogP contribution >= 0.6 is 15.9 Å². The van der Waals surface area contributed by atoms with Crippen LogP contribution in [-0.4, -0.2) is 22.0 Å². The van der Waals surface area contributed by atoms with E-state index in [1.54, 1.807) is 0 Å². The van der Waals surface area contributed by atoms with Gasteiger partial charge in [-0.25, -0.2) is 5.43 Å². The second-order valence-electron chi connectivity index (χ2n) is 4.44. The highest BCUT2D eigenvalue weighted by molar-refractivity contribution is 9.10. The van der Waals surface area contributed by atoms with Crippen LogP contribution in [0.2, 0.25) is 0 Å². The lowest BCUT2D eigenvalue weighted by molar-refractivity contribution is -0.385. The van der Waals surface area contributed by atoms with E-state index in [-0.39, 0.29) is 16.9 Å². The van der Waals surface area contributed by atoms with Crippen LogP contribution in [0.4, 0.5) is 11.4 Å². The van der Waals surface area contributed by atoms with Crippen molar-refractivity contribution < 1.29 is 14.6 Å². The molecule has 0 bridgehead atoms. The number of nitrogens with one attached hydrogen (secondary N) is 1. The Balaban J connectivity index is 2.14. The number of carbonyl (C=O) groups is 1. The molecular weight excluding hydrogens is 384 g/mol. The predicted molar refractivity (Wildman–Crippen MR) is 89.0 cm³/mol. The lowest BCUT2D eigenvalue weighted by Gasteiger charge is -2.01. The molecule has 2 aromatic carbocycles. The van der Waals surface area contributed by atoms with Crippen molar-refractivity contribution in [3.63, 3.8) is 0 Å². The first-order valence-electron chi connectivity index (χ1n) is 6.41. The van der Waals surface area contributed by atoms with E-state index in [0.717, 1.165) is 0 Å². The number of nitro groups is 2. The summed E-state index contributed by atoms with van der Waals surface area (Å²) in [5.74, 6) is -0.739. The van der Waals surface area contributed by atoms with Crippen molar-refractivity contribution in [1.29, 1.82) is 0 Å². The van der Waals surface area contributed by atoms with Crippen molar-refractivity contribution in [2.75, 3.05) is 0 Å². The van der Waals surface area contributed by atoms with Gasteiger partial charge >= 0.3 is 0 Å². The van der Waals surface area contributed by atoms with Crippen LogP contribution in [0, 0.1) is 20.2 Å². The van der Waals surface area contributed by atoms with Gasteiger partial charge in [-0.05, 0) is 28.1 Å². The van der Waals surface area contributed by atoms with Crippen LogP contribution in [0.5, 0.6) is 0 Å². The molecule has 24 heavy (non-hydrogen) atoms. The minimum Gasteiger partial charge on any atom is -0.267 e. The maximum absolute atomic E-state index is 12.0. The molecule has 0 heterocycles. The van der Waals surface area contributed by atoms with Crippen LogP contribution in [-0.2, 0) is 0 Å². The molecule has 0 unspecified atom stereocenters. The minimum atomic E-state index is -0.739. The van der Waals surface area contributed by atoms with Crippen LogP contribution in [0.25, 0.3) is 0 Å². The van der Waals surface area contributed by atoms with Crippen molar-refractivity contribution in [1.82, 2.24) is 5.43 Å². The van der Waals surface area contributed by atoms with E-state index in [9.17, 15) is 25.0 Å². The van der Waals surface area contributed by atoms with Crippen LogP contribution in [0.1, 0.15) is 15.9 Å². The summed E-state index contributed by atoms with van der Waals surface area (Å²) in [7, 11) is 0. The summed E-state index contributed by atoms with van der Waals surface area (Å²) in [5.41, 5.74) is 2.12. The molecule has 0 fully saturated rings. The number of nitrogens with zero attached hydrogens (tertiary/aromatic N) is 3. The lowest BCUT2D eigenvalue weighted by atomic mass is 10.2. The average molecular weight is 393 g/mol. The van der Waals surface area contributed by atoms with Gasteiger partial charge in [-0.15, -0.1) is 0 Å². The fraction of sp³-hybridized carbons (Fsp3) is 0. The number of benzene rings is 2. The van der Waals surface area contributed by atoms with Gasteiger partial charge in [0.15, 0.2) is 0 Å². The summed E-state index contributed by atoms with van der Waals surface area (Å²) in [4.78, 5) is 32.3. The number of amides is 1. The van der Waals surface area contributed by atoms with E-state index in [1.807, 2.05) is 0 Å². The Labute approximate surface area is 143 Å². The van der Waals surface area contributed by atoms with E-state index < -0.39 is 15.8 Å². The normalized spacial score (nSPS) is 10.5. The number of hydrazone groups is 1. The molecule has 0 aliphatic rings. The summed E-state index contributed by atoms with van der Waals surface area (Å²) < 4.78 is 0.417. The minimum absolute atomic E-state index is 0.0945. The van der Waals surface area contributed by atoms with Gasteiger partial charge < -0.3 is 0 Å². The standard InChI is InChI=1S/C14H9BrN4O5/c15-12-7-10(18(21)22)6-5-9(12)8-16-17-14(20)11-3-1-2-4-13(11)19(23)24/h1-8H,(H,17,20)/b16-8-. The third-order valence-corrected chi connectivity index (χ3v) is 3.60. The lowest BCUT2D eigenvalue weighted by Crippen LogP contribution is -2.19. The molecule has 2 rings (SSSR count). The zero-order valence-electron chi connectivity index (χ0n) is 11.9. The Morgan fingerprint density at radius 2 is 1.83 bits per heavy atom. The first-order valence-corrected chi connectivity index (χ1v) is 7.20. The van der Waals surface area contributed by atoms with E-state index in [0.29, 0.717) is 10.0 Å². The van der Waals surface area contributed by atoms with Gasteiger partial charge in [-0.3, -0.25) is 25.0 Å². The Bertz CT molecular complexity index is 853. The molecule has 0 aliphatic carbocycles. The van der Waals surface area contributed by atoms with Gasteiger partial charge in [0.2, 0.25) is 0 Å². The first kappa shape index (κ1) is 17.2. The first-order chi connectivity index (χ1) is 11.4. The molecule has 0 atom stereocenters. The van der Waals surface area contributed by atoms with E-state index >= 15 is 0 Å². The summed E-state index contributed by atoms with van der Waals surface area (Å²) in [6, 6.07) is 9.51. The maximum Gasteiger partial charge on any atom is 0.282 e.